The average Bonchev–Trinajstić information content (AvgIpc) is 2.65. The molecule has 0 aromatic heterocycles. The van der Waals surface area contributed by atoms with E-state index < -0.39 is 6.04 Å². The van der Waals surface area contributed by atoms with Crippen LogP contribution < -0.4 is 10.6 Å². The Bertz CT molecular complexity index is 816. The van der Waals surface area contributed by atoms with Crippen LogP contribution >= 0.6 is 0 Å². The van der Waals surface area contributed by atoms with Gasteiger partial charge in [0.25, 0.3) is 5.91 Å². The van der Waals surface area contributed by atoms with Gasteiger partial charge in [-0.1, -0.05) is 17.7 Å². The molecule has 2 rings (SSSR count). The van der Waals surface area contributed by atoms with Gasteiger partial charge >= 0.3 is 0 Å². The van der Waals surface area contributed by atoms with Crippen molar-refractivity contribution < 1.29 is 9.59 Å². The summed E-state index contributed by atoms with van der Waals surface area (Å²) in [6.45, 7) is 13.2. The van der Waals surface area contributed by atoms with Crippen LogP contribution in [-0.4, -0.2) is 35.8 Å². The van der Waals surface area contributed by atoms with Crippen LogP contribution in [0, 0.1) is 20.8 Å². The highest BCUT2D eigenvalue weighted by molar-refractivity contribution is 5.98. The van der Waals surface area contributed by atoms with Crippen molar-refractivity contribution >= 4 is 23.2 Å². The predicted molar refractivity (Wildman–Crippen MR) is 116 cm³/mol. The van der Waals surface area contributed by atoms with Crippen LogP contribution in [0.2, 0.25) is 0 Å². The van der Waals surface area contributed by atoms with Gasteiger partial charge in [-0.2, -0.15) is 0 Å². The first-order valence-electron chi connectivity index (χ1n) is 9.81. The molecule has 0 aliphatic rings. The monoisotopic (exact) mass is 381 g/mol. The number of rotatable bonds is 7. The first kappa shape index (κ1) is 21.5. The van der Waals surface area contributed by atoms with Crippen molar-refractivity contribution in [3.63, 3.8) is 0 Å². The largest absolute Gasteiger partial charge is 0.374 e. The number of carbonyl (C=O) groups is 2. The lowest BCUT2D eigenvalue weighted by molar-refractivity contribution is -0.116. The lowest BCUT2D eigenvalue weighted by atomic mass is 10.0. The SMILES string of the molecule is CCN(CC)C(=O)c1ccc(N[C@H](C)C(=O)Nc2c(C)cc(C)cc2C)cc1. The van der Waals surface area contributed by atoms with E-state index in [0.29, 0.717) is 18.7 Å². The number of carbonyl (C=O) groups excluding carboxylic acids is 2. The van der Waals surface area contributed by atoms with Crippen LogP contribution in [0.15, 0.2) is 36.4 Å². The molecule has 1 atom stereocenters. The van der Waals surface area contributed by atoms with Crippen molar-refractivity contribution in [3.05, 3.63) is 58.7 Å². The van der Waals surface area contributed by atoms with Crippen LogP contribution in [-0.2, 0) is 4.79 Å². The van der Waals surface area contributed by atoms with Crippen molar-refractivity contribution in [2.45, 2.75) is 47.6 Å². The molecule has 2 amide bonds. The van der Waals surface area contributed by atoms with E-state index in [4.69, 9.17) is 0 Å². The van der Waals surface area contributed by atoms with Gasteiger partial charge in [-0.05, 0) is 76.9 Å². The van der Waals surface area contributed by atoms with Gasteiger partial charge in [0.2, 0.25) is 5.91 Å². The summed E-state index contributed by atoms with van der Waals surface area (Å²) in [6, 6.07) is 11.0. The molecule has 2 aromatic carbocycles. The molecule has 0 radical (unpaired) electrons. The van der Waals surface area contributed by atoms with Gasteiger partial charge < -0.3 is 15.5 Å². The van der Waals surface area contributed by atoms with E-state index >= 15 is 0 Å². The van der Waals surface area contributed by atoms with Crippen LogP contribution in [0.1, 0.15) is 47.8 Å². The normalized spacial score (nSPS) is 11.6. The van der Waals surface area contributed by atoms with Crippen molar-refractivity contribution in [1.29, 1.82) is 0 Å². The molecule has 0 saturated heterocycles. The summed E-state index contributed by atoms with van der Waals surface area (Å²) in [5.74, 6) is -0.0778. The third kappa shape index (κ3) is 5.12. The Labute approximate surface area is 168 Å². The zero-order valence-electron chi connectivity index (χ0n) is 17.7. The molecule has 5 nitrogen and oxygen atoms in total. The molecule has 0 unspecified atom stereocenters. The van der Waals surface area contributed by atoms with Gasteiger partial charge in [0.05, 0.1) is 0 Å². The van der Waals surface area contributed by atoms with E-state index in [1.54, 1.807) is 17.0 Å². The molecular weight excluding hydrogens is 350 g/mol. The Kier molecular flexibility index (Phi) is 7.21. The summed E-state index contributed by atoms with van der Waals surface area (Å²) in [7, 11) is 0. The van der Waals surface area contributed by atoms with Gasteiger partial charge in [0.1, 0.15) is 6.04 Å². The highest BCUT2D eigenvalue weighted by Crippen LogP contribution is 2.22. The topological polar surface area (TPSA) is 61.4 Å². The van der Waals surface area contributed by atoms with Gasteiger partial charge in [-0.3, -0.25) is 9.59 Å². The number of nitrogens with one attached hydrogen (secondary N) is 2. The van der Waals surface area contributed by atoms with Crippen LogP contribution in [0.25, 0.3) is 0 Å². The third-order valence-electron chi connectivity index (χ3n) is 4.88. The minimum atomic E-state index is -0.413. The quantitative estimate of drug-likeness (QED) is 0.740. The average molecular weight is 382 g/mol. The minimum Gasteiger partial charge on any atom is -0.374 e. The zero-order chi connectivity index (χ0) is 20.8. The standard InChI is InChI=1S/C23H31N3O2/c1-7-26(8-2)23(28)19-9-11-20(12-10-19)24-18(6)22(27)25-21-16(4)13-15(3)14-17(21)5/h9-14,18,24H,7-8H2,1-6H3,(H,25,27)/t18-/m1/s1. The number of amides is 2. The van der Waals surface area contributed by atoms with Gasteiger partial charge in [0.15, 0.2) is 0 Å². The second-order valence-corrected chi connectivity index (χ2v) is 7.18. The number of benzene rings is 2. The van der Waals surface area contributed by atoms with Crippen molar-refractivity contribution in [2.75, 3.05) is 23.7 Å². The third-order valence-corrected chi connectivity index (χ3v) is 4.88. The summed E-state index contributed by atoms with van der Waals surface area (Å²) < 4.78 is 0. The number of nitrogens with zero attached hydrogens (tertiary/aromatic N) is 1. The maximum absolute atomic E-state index is 12.6. The molecule has 0 bridgehead atoms. The molecule has 0 fully saturated rings. The molecule has 0 saturated carbocycles. The summed E-state index contributed by atoms with van der Waals surface area (Å²) in [5, 5.41) is 6.22. The molecule has 0 aliphatic heterocycles. The Morgan fingerprint density at radius 1 is 0.964 bits per heavy atom. The maximum Gasteiger partial charge on any atom is 0.253 e. The fourth-order valence-corrected chi connectivity index (χ4v) is 3.33. The van der Waals surface area contributed by atoms with E-state index in [2.05, 4.69) is 22.8 Å². The summed E-state index contributed by atoms with van der Waals surface area (Å²) in [5.41, 5.74) is 5.60. The van der Waals surface area contributed by atoms with Crippen molar-refractivity contribution in [2.24, 2.45) is 0 Å². The predicted octanol–water partition coefficient (Wildman–Crippen LogP) is 4.53. The summed E-state index contributed by atoms with van der Waals surface area (Å²) in [4.78, 5) is 26.8. The maximum atomic E-state index is 12.6. The highest BCUT2D eigenvalue weighted by atomic mass is 16.2. The fourth-order valence-electron chi connectivity index (χ4n) is 3.33. The van der Waals surface area contributed by atoms with E-state index in [0.717, 1.165) is 22.5 Å². The molecule has 0 aliphatic carbocycles. The molecular formula is C23H31N3O2. The molecule has 150 valence electrons. The molecule has 2 aromatic rings. The fraction of sp³-hybridized carbons (Fsp3) is 0.391. The first-order chi connectivity index (χ1) is 13.3. The van der Waals surface area contributed by atoms with Crippen LogP contribution in [0.3, 0.4) is 0 Å². The van der Waals surface area contributed by atoms with Crippen LogP contribution in [0.4, 0.5) is 11.4 Å². The summed E-state index contributed by atoms with van der Waals surface area (Å²) in [6.07, 6.45) is 0. The van der Waals surface area contributed by atoms with Crippen molar-refractivity contribution in [3.8, 4) is 0 Å². The molecule has 28 heavy (non-hydrogen) atoms. The van der Waals surface area contributed by atoms with Crippen LogP contribution in [0.5, 0.6) is 0 Å². The van der Waals surface area contributed by atoms with Gasteiger partial charge in [-0.25, -0.2) is 0 Å². The molecule has 0 spiro atoms. The minimum absolute atomic E-state index is 0.0210. The number of hydrogen-bond donors (Lipinski definition) is 2. The van der Waals surface area contributed by atoms with Gasteiger partial charge in [0, 0.05) is 30.0 Å². The first-order valence-corrected chi connectivity index (χ1v) is 9.81. The van der Waals surface area contributed by atoms with E-state index in [-0.39, 0.29) is 11.8 Å². The smallest absolute Gasteiger partial charge is 0.253 e. The Morgan fingerprint density at radius 3 is 2.00 bits per heavy atom. The zero-order valence-corrected chi connectivity index (χ0v) is 17.7. The number of aryl methyl sites for hydroxylation is 3. The second kappa shape index (κ2) is 9.40. The lowest BCUT2D eigenvalue weighted by Gasteiger charge is -2.20. The highest BCUT2D eigenvalue weighted by Gasteiger charge is 2.16. The Hall–Kier alpha value is -2.82. The molecule has 0 heterocycles. The second-order valence-electron chi connectivity index (χ2n) is 7.18. The Balaban J connectivity index is 2.03. The summed E-state index contributed by atoms with van der Waals surface area (Å²) >= 11 is 0. The van der Waals surface area contributed by atoms with E-state index in [1.807, 2.05) is 53.7 Å². The number of hydrogen-bond acceptors (Lipinski definition) is 3. The number of anilines is 2. The molecule has 5 heteroatoms. The Morgan fingerprint density at radius 2 is 1.50 bits per heavy atom. The van der Waals surface area contributed by atoms with Gasteiger partial charge in [-0.15, -0.1) is 0 Å². The lowest BCUT2D eigenvalue weighted by Crippen LogP contribution is -2.32. The van der Waals surface area contributed by atoms with E-state index in [1.165, 1.54) is 5.56 Å². The van der Waals surface area contributed by atoms with Crippen molar-refractivity contribution in [1.82, 2.24) is 4.90 Å². The molecule has 2 N–H and O–H groups in total. The van der Waals surface area contributed by atoms with E-state index in [9.17, 15) is 9.59 Å².